The molecule has 2 rings (SSSR count). The monoisotopic (exact) mass is 329 g/mol. The number of nitrogens with zero attached hydrogens (tertiary/aromatic N) is 1. The molecule has 0 atom stereocenters. The Bertz CT molecular complexity index is 407. The van der Waals surface area contributed by atoms with Crippen LogP contribution < -0.4 is 0 Å². The standard InChI is InChI=1S/C15H21BrFNO/c16-14-10-12(6-7-15(14)17)11-18(8-9-19)13-4-2-1-3-5-13/h6-7,10,13,19H,1-5,8-9,11H2. The molecule has 2 nitrogen and oxygen atoms in total. The lowest BCUT2D eigenvalue weighted by Gasteiger charge is -2.34. The molecule has 0 aliphatic heterocycles. The number of hydrogen-bond donors (Lipinski definition) is 1. The molecule has 1 aliphatic carbocycles. The van der Waals surface area contributed by atoms with Crippen LogP contribution in [0.3, 0.4) is 0 Å². The summed E-state index contributed by atoms with van der Waals surface area (Å²) in [7, 11) is 0. The molecule has 0 amide bonds. The largest absolute Gasteiger partial charge is 0.395 e. The van der Waals surface area contributed by atoms with Crippen molar-refractivity contribution < 1.29 is 9.50 Å². The van der Waals surface area contributed by atoms with E-state index < -0.39 is 0 Å². The molecule has 0 bridgehead atoms. The Morgan fingerprint density at radius 3 is 2.63 bits per heavy atom. The molecule has 0 spiro atoms. The zero-order chi connectivity index (χ0) is 13.7. The summed E-state index contributed by atoms with van der Waals surface area (Å²) in [6.45, 7) is 1.66. The van der Waals surface area contributed by atoms with E-state index in [1.54, 1.807) is 0 Å². The summed E-state index contributed by atoms with van der Waals surface area (Å²) in [5.74, 6) is -0.227. The van der Waals surface area contributed by atoms with Gasteiger partial charge in [0.05, 0.1) is 11.1 Å². The number of rotatable bonds is 5. The Kier molecular flexibility index (Phi) is 5.79. The van der Waals surface area contributed by atoms with Crippen molar-refractivity contribution in [1.82, 2.24) is 4.90 Å². The number of aliphatic hydroxyl groups is 1. The van der Waals surface area contributed by atoms with Gasteiger partial charge in [-0.05, 0) is 46.5 Å². The third kappa shape index (κ3) is 4.26. The van der Waals surface area contributed by atoms with E-state index in [2.05, 4.69) is 20.8 Å². The van der Waals surface area contributed by atoms with Crippen molar-refractivity contribution in [3.05, 3.63) is 34.1 Å². The fraction of sp³-hybridized carbons (Fsp3) is 0.600. The van der Waals surface area contributed by atoms with Crippen molar-refractivity contribution in [3.63, 3.8) is 0 Å². The summed E-state index contributed by atoms with van der Waals surface area (Å²) in [5, 5.41) is 9.23. The van der Waals surface area contributed by atoms with E-state index in [1.807, 2.05) is 12.1 Å². The highest BCUT2D eigenvalue weighted by atomic mass is 79.9. The lowest BCUT2D eigenvalue weighted by atomic mass is 9.94. The fourth-order valence-corrected chi connectivity index (χ4v) is 3.26. The van der Waals surface area contributed by atoms with Crippen LogP contribution in [0.1, 0.15) is 37.7 Å². The van der Waals surface area contributed by atoms with E-state index in [-0.39, 0.29) is 12.4 Å². The average Bonchev–Trinajstić information content (AvgIpc) is 2.43. The van der Waals surface area contributed by atoms with Crippen LogP contribution in [0.25, 0.3) is 0 Å². The quantitative estimate of drug-likeness (QED) is 0.890. The highest BCUT2D eigenvalue weighted by molar-refractivity contribution is 9.10. The van der Waals surface area contributed by atoms with Gasteiger partial charge in [0, 0.05) is 19.1 Å². The van der Waals surface area contributed by atoms with Crippen molar-refractivity contribution in [1.29, 1.82) is 0 Å². The first-order valence-corrected chi connectivity index (χ1v) is 7.79. The third-order valence-corrected chi connectivity index (χ3v) is 4.46. The van der Waals surface area contributed by atoms with Gasteiger partial charge in [-0.15, -0.1) is 0 Å². The molecule has 0 saturated heterocycles. The van der Waals surface area contributed by atoms with Gasteiger partial charge in [0.15, 0.2) is 0 Å². The molecule has 0 aromatic heterocycles. The van der Waals surface area contributed by atoms with Gasteiger partial charge >= 0.3 is 0 Å². The van der Waals surface area contributed by atoms with E-state index >= 15 is 0 Å². The van der Waals surface area contributed by atoms with Crippen molar-refractivity contribution in [2.75, 3.05) is 13.2 Å². The molecule has 1 aromatic carbocycles. The van der Waals surface area contributed by atoms with Crippen LogP contribution in [0.2, 0.25) is 0 Å². The molecule has 19 heavy (non-hydrogen) atoms. The summed E-state index contributed by atoms with van der Waals surface area (Å²) >= 11 is 3.23. The van der Waals surface area contributed by atoms with Gasteiger partial charge in [0.1, 0.15) is 5.82 Å². The smallest absolute Gasteiger partial charge is 0.137 e. The van der Waals surface area contributed by atoms with Crippen molar-refractivity contribution in [2.45, 2.75) is 44.7 Å². The van der Waals surface area contributed by atoms with Gasteiger partial charge in [-0.3, -0.25) is 4.90 Å². The van der Waals surface area contributed by atoms with Gasteiger partial charge in [-0.25, -0.2) is 4.39 Å². The minimum Gasteiger partial charge on any atom is -0.395 e. The van der Waals surface area contributed by atoms with E-state index in [0.29, 0.717) is 17.1 Å². The summed E-state index contributed by atoms with van der Waals surface area (Å²) in [5.41, 5.74) is 1.09. The first-order valence-electron chi connectivity index (χ1n) is 6.99. The van der Waals surface area contributed by atoms with Gasteiger partial charge in [0.2, 0.25) is 0 Å². The molecule has 1 N–H and O–H groups in total. The fourth-order valence-electron chi connectivity index (χ4n) is 2.84. The number of halogens is 2. The average molecular weight is 330 g/mol. The highest BCUT2D eigenvalue weighted by Crippen LogP contribution is 2.25. The summed E-state index contributed by atoms with van der Waals surface area (Å²) in [4.78, 5) is 2.33. The van der Waals surface area contributed by atoms with E-state index in [9.17, 15) is 9.50 Å². The molecule has 4 heteroatoms. The Balaban J connectivity index is 2.04. The highest BCUT2D eigenvalue weighted by Gasteiger charge is 2.20. The first kappa shape index (κ1) is 14.9. The van der Waals surface area contributed by atoms with Gasteiger partial charge < -0.3 is 5.11 Å². The third-order valence-electron chi connectivity index (χ3n) is 3.85. The second-order valence-corrected chi connectivity index (χ2v) is 6.09. The number of hydrogen-bond acceptors (Lipinski definition) is 2. The van der Waals surface area contributed by atoms with E-state index in [4.69, 9.17) is 0 Å². The molecule has 1 aromatic rings. The Morgan fingerprint density at radius 2 is 2.00 bits per heavy atom. The summed E-state index contributed by atoms with van der Waals surface area (Å²) in [6, 6.07) is 5.72. The van der Waals surface area contributed by atoms with Crippen LogP contribution in [-0.4, -0.2) is 29.2 Å². The van der Waals surface area contributed by atoms with E-state index in [1.165, 1.54) is 38.2 Å². The SMILES string of the molecule is OCCN(Cc1ccc(F)c(Br)c1)C1CCCCC1. The number of benzene rings is 1. The van der Waals surface area contributed by atoms with Gasteiger partial charge in [-0.1, -0.05) is 25.3 Å². The van der Waals surface area contributed by atoms with Crippen molar-refractivity contribution in [3.8, 4) is 0 Å². The van der Waals surface area contributed by atoms with Crippen molar-refractivity contribution in [2.24, 2.45) is 0 Å². The zero-order valence-electron chi connectivity index (χ0n) is 11.1. The molecule has 1 fully saturated rings. The van der Waals surface area contributed by atoms with Crippen LogP contribution >= 0.6 is 15.9 Å². The second kappa shape index (κ2) is 7.36. The summed E-state index contributed by atoms with van der Waals surface area (Å²) in [6.07, 6.45) is 6.30. The Hall–Kier alpha value is -0.450. The van der Waals surface area contributed by atoms with Crippen LogP contribution in [0.15, 0.2) is 22.7 Å². The maximum atomic E-state index is 13.2. The van der Waals surface area contributed by atoms with Crippen molar-refractivity contribution >= 4 is 15.9 Å². The maximum absolute atomic E-state index is 13.2. The maximum Gasteiger partial charge on any atom is 0.137 e. The van der Waals surface area contributed by atoms with Crippen LogP contribution in [0.5, 0.6) is 0 Å². The predicted octanol–water partition coefficient (Wildman–Crippen LogP) is 3.72. The van der Waals surface area contributed by atoms with Gasteiger partial charge in [-0.2, -0.15) is 0 Å². The topological polar surface area (TPSA) is 23.5 Å². The molecule has 1 saturated carbocycles. The minimum atomic E-state index is -0.227. The lowest BCUT2D eigenvalue weighted by Crippen LogP contribution is -2.38. The molecule has 0 unspecified atom stereocenters. The normalized spacial score (nSPS) is 17.1. The number of aliphatic hydroxyl groups excluding tert-OH is 1. The minimum absolute atomic E-state index is 0.179. The van der Waals surface area contributed by atoms with E-state index in [0.717, 1.165) is 12.1 Å². The Labute approximate surface area is 122 Å². The Morgan fingerprint density at radius 1 is 1.26 bits per heavy atom. The molecule has 1 aliphatic rings. The van der Waals surface area contributed by atoms with Crippen LogP contribution in [0, 0.1) is 5.82 Å². The first-order chi connectivity index (χ1) is 9.20. The summed E-state index contributed by atoms with van der Waals surface area (Å²) < 4.78 is 13.8. The van der Waals surface area contributed by atoms with Crippen LogP contribution in [-0.2, 0) is 6.54 Å². The van der Waals surface area contributed by atoms with Crippen LogP contribution in [0.4, 0.5) is 4.39 Å². The lowest BCUT2D eigenvalue weighted by molar-refractivity contribution is 0.117. The molecule has 0 heterocycles. The predicted molar refractivity (Wildman–Crippen MR) is 78.5 cm³/mol. The molecular weight excluding hydrogens is 309 g/mol. The zero-order valence-corrected chi connectivity index (χ0v) is 12.7. The molecule has 0 radical (unpaired) electrons. The second-order valence-electron chi connectivity index (χ2n) is 5.23. The molecule has 106 valence electrons. The van der Waals surface area contributed by atoms with Gasteiger partial charge in [0.25, 0.3) is 0 Å². The molecular formula is C15H21BrFNO.